The van der Waals surface area contributed by atoms with Gasteiger partial charge in [0, 0.05) is 6.20 Å². The molecule has 0 amide bonds. The minimum absolute atomic E-state index is 0.0504. The second-order valence-corrected chi connectivity index (χ2v) is 9.47. The van der Waals surface area contributed by atoms with Gasteiger partial charge in [-0.3, -0.25) is 19.0 Å². The molecule has 0 aliphatic carbocycles. The molecule has 0 saturated heterocycles. The summed E-state index contributed by atoms with van der Waals surface area (Å²) < 4.78 is 38.7. The second kappa shape index (κ2) is 9.95. The monoisotopic (exact) mass is 451 g/mol. The first-order valence-electron chi connectivity index (χ1n) is 9.83. The molecule has 0 unspecified atom stereocenters. The highest BCUT2D eigenvalue weighted by molar-refractivity contribution is 7.92. The number of aromatic nitrogens is 2. The van der Waals surface area contributed by atoms with Crippen molar-refractivity contribution in [3.05, 3.63) is 42.2 Å². The molecule has 2 aromatic rings. The Morgan fingerprint density at radius 3 is 2.13 bits per heavy atom. The highest BCUT2D eigenvalue weighted by atomic mass is 32.2. The van der Waals surface area contributed by atoms with E-state index in [4.69, 9.17) is 0 Å². The maximum Gasteiger partial charge on any atom is 0.307 e. The summed E-state index contributed by atoms with van der Waals surface area (Å²) in [4.78, 5) is 23.5. The largest absolute Gasteiger partial charge is 0.469 e. The Hall–Kier alpha value is -2.88. The summed E-state index contributed by atoms with van der Waals surface area (Å²) in [5.41, 5.74) is 1.21. The van der Waals surface area contributed by atoms with E-state index in [0.717, 1.165) is 12.0 Å². The predicted octanol–water partition coefficient (Wildman–Crippen LogP) is 3.04. The van der Waals surface area contributed by atoms with Crippen LogP contribution >= 0.6 is 0 Å². The first kappa shape index (κ1) is 24.4. The summed E-state index contributed by atoms with van der Waals surface area (Å²) in [6.07, 6.45) is 3.42. The molecule has 1 aromatic heterocycles. The van der Waals surface area contributed by atoms with Crippen LogP contribution in [-0.2, 0) is 34.5 Å². The number of benzene rings is 1. The highest BCUT2D eigenvalue weighted by Crippen LogP contribution is 2.28. The van der Waals surface area contributed by atoms with Crippen LogP contribution in [0.3, 0.4) is 0 Å². The van der Waals surface area contributed by atoms with E-state index in [9.17, 15) is 18.0 Å². The SMILES string of the molecule is CCC(C)(C)c1ccc(S(=O)(=O)Nc2cnn(C(CC(=O)OC)CC(=O)OC)c2)cc1. The quantitative estimate of drug-likeness (QED) is 0.552. The third-order valence-corrected chi connectivity index (χ3v) is 6.71. The molecule has 2 rings (SSSR count). The first-order chi connectivity index (χ1) is 14.5. The van der Waals surface area contributed by atoms with E-state index in [2.05, 4.69) is 40.1 Å². The van der Waals surface area contributed by atoms with Crippen LogP contribution in [-0.4, -0.2) is 44.4 Å². The lowest BCUT2D eigenvalue weighted by Crippen LogP contribution is -2.19. The molecular formula is C21H29N3O6S. The van der Waals surface area contributed by atoms with Gasteiger partial charge in [-0.1, -0.05) is 32.9 Å². The number of carbonyl (C=O) groups excluding carboxylic acids is 2. The molecule has 0 radical (unpaired) electrons. The molecule has 0 bridgehead atoms. The average Bonchev–Trinajstić information content (AvgIpc) is 3.20. The molecule has 1 N–H and O–H groups in total. The third kappa shape index (κ3) is 6.30. The number of hydrogen-bond acceptors (Lipinski definition) is 7. The Labute approximate surface area is 182 Å². The van der Waals surface area contributed by atoms with E-state index in [-0.39, 0.29) is 28.8 Å². The summed E-state index contributed by atoms with van der Waals surface area (Å²) in [5, 5.41) is 4.10. The van der Waals surface area contributed by atoms with Gasteiger partial charge >= 0.3 is 11.9 Å². The van der Waals surface area contributed by atoms with Gasteiger partial charge in [0.25, 0.3) is 10.0 Å². The van der Waals surface area contributed by atoms with Gasteiger partial charge in [0.05, 0.1) is 49.9 Å². The Morgan fingerprint density at radius 1 is 1.10 bits per heavy atom. The molecule has 9 nitrogen and oxygen atoms in total. The van der Waals surface area contributed by atoms with E-state index in [0.29, 0.717) is 0 Å². The van der Waals surface area contributed by atoms with Crippen molar-refractivity contribution < 1.29 is 27.5 Å². The standard InChI is InChI=1S/C21H29N3O6S/c1-6-21(2,3)15-7-9-18(10-8-15)31(27,28)23-16-13-22-24(14-16)17(11-19(25)29-4)12-20(26)30-5/h7-10,13-14,17,23H,6,11-12H2,1-5H3. The molecule has 0 atom stereocenters. The maximum absolute atomic E-state index is 12.8. The summed E-state index contributed by atoms with van der Waals surface area (Å²) >= 11 is 0. The fourth-order valence-corrected chi connectivity index (χ4v) is 3.93. The number of esters is 2. The normalized spacial score (nSPS) is 11.9. The van der Waals surface area contributed by atoms with E-state index >= 15 is 0 Å². The van der Waals surface area contributed by atoms with Crippen LogP contribution < -0.4 is 4.72 Å². The number of methoxy groups -OCH3 is 2. The number of anilines is 1. The van der Waals surface area contributed by atoms with E-state index in [1.165, 1.54) is 31.3 Å². The molecule has 0 spiro atoms. The zero-order valence-electron chi connectivity index (χ0n) is 18.4. The van der Waals surface area contributed by atoms with Crippen LogP contribution in [0.2, 0.25) is 0 Å². The molecule has 10 heteroatoms. The van der Waals surface area contributed by atoms with Gasteiger partial charge in [0.15, 0.2) is 0 Å². The summed E-state index contributed by atoms with van der Waals surface area (Å²) in [6, 6.07) is 6.08. The molecule has 1 heterocycles. The minimum Gasteiger partial charge on any atom is -0.469 e. The Kier molecular flexibility index (Phi) is 7.83. The zero-order valence-corrected chi connectivity index (χ0v) is 19.2. The second-order valence-electron chi connectivity index (χ2n) is 7.79. The number of ether oxygens (including phenoxy) is 2. The smallest absolute Gasteiger partial charge is 0.307 e. The topological polar surface area (TPSA) is 117 Å². The van der Waals surface area contributed by atoms with Crippen LogP contribution in [0, 0.1) is 0 Å². The minimum atomic E-state index is -3.84. The van der Waals surface area contributed by atoms with Gasteiger partial charge in [0.1, 0.15) is 0 Å². The Balaban J connectivity index is 2.21. The number of sulfonamides is 1. The third-order valence-electron chi connectivity index (χ3n) is 5.32. The van der Waals surface area contributed by atoms with Gasteiger partial charge in [0.2, 0.25) is 0 Å². The maximum atomic E-state index is 12.8. The van der Waals surface area contributed by atoms with Crippen molar-refractivity contribution in [2.45, 2.75) is 56.4 Å². The molecule has 31 heavy (non-hydrogen) atoms. The summed E-state index contributed by atoms with van der Waals surface area (Å²) in [7, 11) is -1.35. The van der Waals surface area contributed by atoms with Gasteiger partial charge in [-0.25, -0.2) is 8.42 Å². The molecule has 0 aliphatic heterocycles. The van der Waals surface area contributed by atoms with Crippen LogP contribution in [0.4, 0.5) is 5.69 Å². The van der Waals surface area contributed by atoms with Crippen molar-refractivity contribution >= 4 is 27.6 Å². The van der Waals surface area contributed by atoms with E-state index in [1.807, 2.05) is 12.1 Å². The molecule has 1 aromatic carbocycles. The molecule has 0 saturated carbocycles. The summed E-state index contributed by atoms with van der Waals surface area (Å²) in [6.45, 7) is 6.28. The number of nitrogens with one attached hydrogen (secondary N) is 1. The van der Waals surface area contributed by atoms with Crippen LogP contribution in [0.1, 0.15) is 51.6 Å². The summed E-state index contributed by atoms with van der Waals surface area (Å²) in [5.74, 6) is -1.05. The van der Waals surface area contributed by atoms with Crippen molar-refractivity contribution in [1.29, 1.82) is 0 Å². The molecule has 170 valence electrons. The van der Waals surface area contributed by atoms with E-state index in [1.54, 1.807) is 12.1 Å². The van der Waals surface area contributed by atoms with Crippen molar-refractivity contribution in [3.63, 3.8) is 0 Å². The van der Waals surface area contributed by atoms with Gasteiger partial charge in [-0.05, 0) is 29.5 Å². The van der Waals surface area contributed by atoms with Crippen LogP contribution in [0.5, 0.6) is 0 Å². The Bertz CT molecular complexity index is 994. The number of rotatable bonds is 10. The zero-order chi connectivity index (χ0) is 23.2. The fourth-order valence-electron chi connectivity index (χ4n) is 2.90. The van der Waals surface area contributed by atoms with Gasteiger partial charge in [-0.15, -0.1) is 0 Å². The molecule has 0 fully saturated rings. The molecule has 0 aliphatic rings. The number of nitrogens with zero attached hydrogens (tertiary/aromatic N) is 2. The van der Waals surface area contributed by atoms with Crippen LogP contribution in [0.25, 0.3) is 0 Å². The van der Waals surface area contributed by atoms with Gasteiger partial charge < -0.3 is 9.47 Å². The van der Waals surface area contributed by atoms with Gasteiger partial charge in [-0.2, -0.15) is 5.10 Å². The van der Waals surface area contributed by atoms with Crippen molar-refractivity contribution in [1.82, 2.24) is 9.78 Å². The fraction of sp³-hybridized carbons (Fsp3) is 0.476. The van der Waals surface area contributed by atoms with Crippen molar-refractivity contribution in [2.75, 3.05) is 18.9 Å². The lowest BCUT2D eigenvalue weighted by Gasteiger charge is -2.23. The predicted molar refractivity (Wildman–Crippen MR) is 115 cm³/mol. The lowest BCUT2D eigenvalue weighted by molar-refractivity contribution is -0.144. The van der Waals surface area contributed by atoms with Crippen LogP contribution in [0.15, 0.2) is 41.6 Å². The Morgan fingerprint density at radius 2 is 1.65 bits per heavy atom. The number of hydrogen-bond donors (Lipinski definition) is 1. The number of carbonyl (C=O) groups is 2. The lowest BCUT2D eigenvalue weighted by atomic mass is 9.82. The highest BCUT2D eigenvalue weighted by Gasteiger charge is 2.23. The van der Waals surface area contributed by atoms with Crippen molar-refractivity contribution in [3.8, 4) is 0 Å². The van der Waals surface area contributed by atoms with Crippen molar-refractivity contribution in [2.24, 2.45) is 0 Å². The van der Waals surface area contributed by atoms with E-state index < -0.39 is 28.0 Å². The first-order valence-corrected chi connectivity index (χ1v) is 11.3. The molecular weight excluding hydrogens is 422 g/mol. The average molecular weight is 452 g/mol.